The van der Waals surface area contributed by atoms with Crippen molar-refractivity contribution >= 4 is 5.91 Å². The standard InChI is InChI=1S/C12H25N3O/c1-14(2)12(16)7-5-9-15-8-4-3-6-11(15)10-13/h11H,3-10,13H2,1-2H3. The van der Waals surface area contributed by atoms with Crippen LogP contribution in [0.1, 0.15) is 32.1 Å². The third kappa shape index (κ3) is 4.10. The van der Waals surface area contributed by atoms with Crippen molar-refractivity contribution in [2.24, 2.45) is 5.73 Å². The van der Waals surface area contributed by atoms with Crippen molar-refractivity contribution in [1.82, 2.24) is 9.80 Å². The first-order chi connectivity index (χ1) is 7.65. The van der Waals surface area contributed by atoms with E-state index in [1.165, 1.54) is 19.3 Å². The maximum Gasteiger partial charge on any atom is 0.222 e. The fourth-order valence-electron chi connectivity index (χ4n) is 2.28. The molecular formula is C12H25N3O. The molecule has 1 unspecified atom stereocenters. The first-order valence-electron chi connectivity index (χ1n) is 6.29. The van der Waals surface area contributed by atoms with Crippen LogP contribution in [-0.2, 0) is 4.79 Å². The minimum Gasteiger partial charge on any atom is -0.349 e. The van der Waals surface area contributed by atoms with Crippen molar-refractivity contribution < 1.29 is 4.79 Å². The van der Waals surface area contributed by atoms with Gasteiger partial charge in [0.1, 0.15) is 0 Å². The topological polar surface area (TPSA) is 49.6 Å². The van der Waals surface area contributed by atoms with E-state index in [0.29, 0.717) is 12.5 Å². The number of amides is 1. The molecule has 0 saturated carbocycles. The molecule has 0 aromatic carbocycles. The van der Waals surface area contributed by atoms with Gasteiger partial charge in [-0.25, -0.2) is 0 Å². The molecule has 1 saturated heterocycles. The van der Waals surface area contributed by atoms with E-state index in [-0.39, 0.29) is 5.91 Å². The van der Waals surface area contributed by atoms with E-state index in [0.717, 1.165) is 26.1 Å². The largest absolute Gasteiger partial charge is 0.349 e. The Kier molecular flexibility index (Phi) is 5.77. The van der Waals surface area contributed by atoms with E-state index >= 15 is 0 Å². The molecule has 0 spiro atoms. The lowest BCUT2D eigenvalue weighted by Gasteiger charge is -2.34. The molecule has 2 N–H and O–H groups in total. The zero-order valence-corrected chi connectivity index (χ0v) is 10.6. The Balaban J connectivity index is 2.22. The van der Waals surface area contributed by atoms with Gasteiger partial charge in [0.05, 0.1) is 0 Å². The molecule has 0 aliphatic carbocycles. The van der Waals surface area contributed by atoms with Crippen molar-refractivity contribution in [2.75, 3.05) is 33.7 Å². The second-order valence-electron chi connectivity index (χ2n) is 4.81. The SMILES string of the molecule is CN(C)C(=O)CCCN1CCCCC1CN. The fourth-order valence-corrected chi connectivity index (χ4v) is 2.28. The molecule has 1 heterocycles. The number of hydrogen-bond donors (Lipinski definition) is 1. The monoisotopic (exact) mass is 227 g/mol. The Morgan fingerprint density at radius 3 is 2.81 bits per heavy atom. The van der Waals surface area contributed by atoms with E-state index in [4.69, 9.17) is 5.73 Å². The van der Waals surface area contributed by atoms with E-state index in [9.17, 15) is 4.79 Å². The van der Waals surface area contributed by atoms with Crippen molar-refractivity contribution in [3.8, 4) is 0 Å². The van der Waals surface area contributed by atoms with E-state index in [2.05, 4.69) is 4.90 Å². The van der Waals surface area contributed by atoms with Crippen LogP contribution in [0.2, 0.25) is 0 Å². The number of nitrogens with zero attached hydrogens (tertiary/aromatic N) is 2. The summed E-state index contributed by atoms with van der Waals surface area (Å²) in [6, 6.07) is 0.545. The predicted octanol–water partition coefficient (Wildman–Crippen LogP) is 0.668. The van der Waals surface area contributed by atoms with Gasteiger partial charge in [-0.1, -0.05) is 6.42 Å². The Hall–Kier alpha value is -0.610. The van der Waals surface area contributed by atoms with Crippen LogP contribution in [0.15, 0.2) is 0 Å². The first kappa shape index (κ1) is 13.5. The fraction of sp³-hybridized carbons (Fsp3) is 0.917. The average Bonchev–Trinajstić information content (AvgIpc) is 2.29. The molecule has 0 bridgehead atoms. The van der Waals surface area contributed by atoms with Gasteiger partial charge in [0, 0.05) is 33.1 Å². The molecule has 4 heteroatoms. The second-order valence-corrected chi connectivity index (χ2v) is 4.81. The highest BCUT2D eigenvalue weighted by Crippen LogP contribution is 2.16. The highest BCUT2D eigenvalue weighted by atomic mass is 16.2. The normalized spacial score (nSPS) is 22.1. The zero-order valence-electron chi connectivity index (χ0n) is 10.6. The average molecular weight is 227 g/mol. The van der Waals surface area contributed by atoms with Crippen molar-refractivity contribution in [3.05, 3.63) is 0 Å². The molecule has 4 nitrogen and oxygen atoms in total. The summed E-state index contributed by atoms with van der Waals surface area (Å²) in [6.45, 7) is 2.92. The summed E-state index contributed by atoms with van der Waals surface area (Å²) >= 11 is 0. The minimum absolute atomic E-state index is 0.223. The van der Waals surface area contributed by atoms with Crippen LogP contribution in [0.25, 0.3) is 0 Å². The van der Waals surface area contributed by atoms with E-state index in [1.54, 1.807) is 4.90 Å². The van der Waals surface area contributed by atoms with E-state index in [1.807, 2.05) is 14.1 Å². The maximum atomic E-state index is 11.4. The number of likely N-dealkylation sites (tertiary alicyclic amines) is 1. The molecule has 1 amide bonds. The summed E-state index contributed by atoms with van der Waals surface area (Å²) in [4.78, 5) is 15.5. The molecule has 1 rings (SSSR count). The van der Waals surface area contributed by atoms with Gasteiger partial charge in [0.25, 0.3) is 0 Å². The van der Waals surface area contributed by atoms with Crippen LogP contribution in [-0.4, -0.2) is 55.5 Å². The zero-order chi connectivity index (χ0) is 12.0. The Bertz CT molecular complexity index is 218. The van der Waals surface area contributed by atoms with Crippen molar-refractivity contribution in [3.63, 3.8) is 0 Å². The molecule has 1 aliphatic heterocycles. The molecular weight excluding hydrogens is 202 g/mol. The molecule has 1 aliphatic rings. The van der Waals surface area contributed by atoms with Crippen LogP contribution in [0, 0.1) is 0 Å². The minimum atomic E-state index is 0.223. The van der Waals surface area contributed by atoms with Gasteiger partial charge in [0.2, 0.25) is 5.91 Å². The van der Waals surface area contributed by atoms with Crippen molar-refractivity contribution in [1.29, 1.82) is 0 Å². The molecule has 0 radical (unpaired) electrons. The number of nitrogens with two attached hydrogens (primary N) is 1. The highest BCUT2D eigenvalue weighted by Gasteiger charge is 2.20. The van der Waals surface area contributed by atoms with E-state index < -0.39 is 0 Å². The van der Waals surface area contributed by atoms with Crippen molar-refractivity contribution in [2.45, 2.75) is 38.1 Å². The van der Waals surface area contributed by atoms with Crippen LogP contribution in [0.5, 0.6) is 0 Å². The summed E-state index contributed by atoms with van der Waals surface area (Å²) < 4.78 is 0. The van der Waals surface area contributed by atoms with Gasteiger partial charge in [-0.3, -0.25) is 9.69 Å². The predicted molar refractivity (Wildman–Crippen MR) is 66.2 cm³/mol. The molecule has 16 heavy (non-hydrogen) atoms. The number of piperidine rings is 1. The highest BCUT2D eigenvalue weighted by molar-refractivity contribution is 5.75. The lowest BCUT2D eigenvalue weighted by molar-refractivity contribution is -0.128. The number of rotatable bonds is 5. The Morgan fingerprint density at radius 2 is 2.19 bits per heavy atom. The van der Waals surface area contributed by atoms with Gasteiger partial charge < -0.3 is 10.6 Å². The first-order valence-corrected chi connectivity index (χ1v) is 6.29. The van der Waals surface area contributed by atoms with Gasteiger partial charge >= 0.3 is 0 Å². The third-order valence-corrected chi connectivity index (χ3v) is 3.36. The van der Waals surface area contributed by atoms with Crippen LogP contribution in [0.3, 0.4) is 0 Å². The Morgan fingerprint density at radius 1 is 1.44 bits per heavy atom. The lowest BCUT2D eigenvalue weighted by Crippen LogP contribution is -2.44. The second kappa shape index (κ2) is 6.86. The number of carbonyl (C=O) groups is 1. The molecule has 0 aromatic rings. The lowest BCUT2D eigenvalue weighted by atomic mass is 10.0. The smallest absolute Gasteiger partial charge is 0.222 e. The molecule has 0 aromatic heterocycles. The summed E-state index contributed by atoms with van der Waals surface area (Å²) in [5.41, 5.74) is 5.76. The maximum absolute atomic E-state index is 11.4. The van der Waals surface area contributed by atoms with Crippen LogP contribution < -0.4 is 5.73 Å². The van der Waals surface area contributed by atoms with Crippen LogP contribution >= 0.6 is 0 Å². The summed E-state index contributed by atoms with van der Waals surface area (Å²) in [6.07, 6.45) is 5.40. The van der Waals surface area contributed by atoms with Gasteiger partial charge in [-0.15, -0.1) is 0 Å². The Labute approximate surface area is 98.8 Å². The molecule has 94 valence electrons. The third-order valence-electron chi connectivity index (χ3n) is 3.36. The number of hydrogen-bond acceptors (Lipinski definition) is 3. The molecule has 1 fully saturated rings. The van der Waals surface area contributed by atoms with Crippen LogP contribution in [0.4, 0.5) is 0 Å². The summed E-state index contributed by atoms with van der Waals surface area (Å²) in [5.74, 6) is 0.223. The number of carbonyl (C=O) groups excluding carboxylic acids is 1. The van der Waals surface area contributed by atoms with Gasteiger partial charge in [-0.2, -0.15) is 0 Å². The summed E-state index contributed by atoms with van der Waals surface area (Å²) in [5, 5.41) is 0. The van der Waals surface area contributed by atoms with Gasteiger partial charge in [-0.05, 0) is 32.4 Å². The quantitative estimate of drug-likeness (QED) is 0.751. The molecule has 1 atom stereocenters. The summed E-state index contributed by atoms with van der Waals surface area (Å²) in [7, 11) is 3.62. The van der Waals surface area contributed by atoms with Gasteiger partial charge in [0.15, 0.2) is 0 Å².